The summed E-state index contributed by atoms with van der Waals surface area (Å²) in [6, 6.07) is 0.455. The standard InChI is InChI=1S/C8H18N2/c1-2-3-5-10-6-4-8(9)7-10/h8H,2-7,9H2,1H3. The lowest BCUT2D eigenvalue weighted by Gasteiger charge is -2.13. The van der Waals surface area contributed by atoms with Crippen molar-refractivity contribution >= 4 is 0 Å². The monoisotopic (exact) mass is 142 g/mol. The van der Waals surface area contributed by atoms with E-state index in [1.165, 1.54) is 32.4 Å². The van der Waals surface area contributed by atoms with Crippen LogP contribution in [0.15, 0.2) is 0 Å². The Hall–Kier alpha value is -0.0800. The second-order valence-electron chi connectivity index (χ2n) is 3.20. The zero-order valence-corrected chi connectivity index (χ0v) is 6.84. The summed E-state index contributed by atoms with van der Waals surface area (Å²) in [5, 5.41) is 0. The van der Waals surface area contributed by atoms with Gasteiger partial charge in [0.2, 0.25) is 0 Å². The van der Waals surface area contributed by atoms with E-state index >= 15 is 0 Å². The van der Waals surface area contributed by atoms with Crippen molar-refractivity contribution in [2.45, 2.75) is 32.2 Å². The highest BCUT2D eigenvalue weighted by molar-refractivity contribution is 4.77. The molecule has 2 N–H and O–H groups in total. The molecule has 0 aromatic carbocycles. The highest BCUT2D eigenvalue weighted by atomic mass is 15.2. The first kappa shape index (κ1) is 8.02. The molecule has 0 amide bonds. The van der Waals surface area contributed by atoms with E-state index in [0.29, 0.717) is 6.04 Å². The second kappa shape index (κ2) is 3.94. The predicted molar refractivity (Wildman–Crippen MR) is 43.9 cm³/mol. The van der Waals surface area contributed by atoms with Crippen LogP contribution < -0.4 is 5.73 Å². The number of nitrogens with zero attached hydrogens (tertiary/aromatic N) is 1. The normalized spacial score (nSPS) is 27.6. The van der Waals surface area contributed by atoms with Gasteiger partial charge in [-0.25, -0.2) is 0 Å². The fraction of sp³-hybridized carbons (Fsp3) is 1.00. The van der Waals surface area contributed by atoms with Crippen molar-refractivity contribution in [2.24, 2.45) is 5.73 Å². The third kappa shape index (κ3) is 2.27. The van der Waals surface area contributed by atoms with Crippen LogP contribution in [0.4, 0.5) is 0 Å². The zero-order chi connectivity index (χ0) is 7.40. The van der Waals surface area contributed by atoms with Crippen LogP contribution in [0.5, 0.6) is 0 Å². The van der Waals surface area contributed by atoms with Gasteiger partial charge >= 0.3 is 0 Å². The van der Waals surface area contributed by atoms with Crippen molar-refractivity contribution in [1.29, 1.82) is 0 Å². The van der Waals surface area contributed by atoms with E-state index in [1.54, 1.807) is 0 Å². The van der Waals surface area contributed by atoms with Gasteiger partial charge in [-0.3, -0.25) is 0 Å². The van der Waals surface area contributed by atoms with Gasteiger partial charge in [0.25, 0.3) is 0 Å². The van der Waals surface area contributed by atoms with Crippen LogP contribution in [0, 0.1) is 0 Å². The van der Waals surface area contributed by atoms with Crippen LogP contribution >= 0.6 is 0 Å². The van der Waals surface area contributed by atoms with Gasteiger partial charge in [-0.1, -0.05) is 13.3 Å². The molecule has 0 bridgehead atoms. The fourth-order valence-corrected chi connectivity index (χ4v) is 1.45. The van der Waals surface area contributed by atoms with Crippen LogP contribution in [0.1, 0.15) is 26.2 Å². The Labute approximate surface area is 63.4 Å². The van der Waals surface area contributed by atoms with Crippen molar-refractivity contribution in [3.63, 3.8) is 0 Å². The summed E-state index contributed by atoms with van der Waals surface area (Å²) in [5.74, 6) is 0. The first-order valence-corrected chi connectivity index (χ1v) is 4.31. The van der Waals surface area contributed by atoms with E-state index in [2.05, 4.69) is 11.8 Å². The highest BCUT2D eigenvalue weighted by Gasteiger charge is 2.17. The molecule has 2 nitrogen and oxygen atoms in total. The number of hydrogen-bond acceptors (Lipinski definition) is 2. The summed E-state index contributed by atoms with van der Waals surface area (Å²) < 4.78 is 0. The Morgan fingerprint density at radius 1 is 1.60 bits per heavy atom. The molecule has 0 spiro atoms. The minimum Gasteiger partial charge on any atom is -0.326 e. The third-order valence-corrected chi connectivity index (χ3v) is 2.14. The Morgan fingerprint density at radius 3 is 2.90 bits per heavy atom. The molecule has 1 unspecified atom stereocenters. The minimum atomic E-state index is 0.455. The molecule has 1 aliphatic heterocycles. The maximum atomic E-state index is 5.76. The SMILES string of the molecule is CCCCN1CCC(N)C1. The van der Waals surface area contributed by atoms with Crippen molar-refractivity contribution < 1.29 is 0 Å². The maximum Gasteiger partial charge on any atom is 0.0180 e. The molecular weight excluding hydrogens is 124 g/mol. The largest absolute Gasteiger partial charge is 0.326 e. The molecule has 0 aliphatic carbocycles. The molecule has 1 atom stereocenters. The van der Waals surface area contributed by atoms with Crippen LogP contribution in [0.3, 0.4) is 0 Å². The molecule has 10 heavy (non-hydrogen) atoms. The van der Waals surface area contributed by atoms with E-state index in [4.69, 9.17) is 5.73 Å². The van der Waals surface area contributed by atoms with Crippen molar-refractivity contribution in [2.75, 3.05) is 19.6 Å². The van der Waals surface area contributed by atoms with Gasteiger partial charge in [0.05, 0.1) is 0 Å². The lowest BCUT2D eigenvalue weighted by atomic mass is 10.3. The molecule has 1 rings (SSSR count). The van der Waals surface area contributed by atoms with Crippen LogP contribution in [0.25, 0.3) is 0 Å². The van der Waals surface area contributed by atoms with E-state index in [0.717, 1.165) is 6.54 Å². The Morgan fingerprint density at radius 2 is 2.40 bits per heavy atom. The molecule has 60 valence electrons. The highest BCUT2D eigenvalue weighted by Crippen LogP contribution is 2.07. The van der Waals surface area contributed by atoms with Gasteiger partial charge in [0, 0.05) is 12.6 Å². The van der Waals surface area contributed by atoms with Crippen molar-refractivity contribution in [3.8, 4) is 0 Å². The Kier molecular flexibility index (Phi) is 3.16. The molecule has 2 heteroatoms. The average molecular weight is 142 g/mol. The average Bonchev–Trinajstić information content (AvgIpc) is 2.31. The van der Waals surface area contributed by atoms with Gasteiger partial charge < -0.3 is 10.6 Å². The van der Waals surface area contributed by atoms with E-state index in [1.807, 2.05) is 0 Å². The van der Waals surface area contributed by atoms with Gasteiger partial charge in [-0.05, 0) is 25.9 Å². The fourth-order valence-electron chi connectivity index (χ4n) is 1.45. The summed E-state index contributed by atoms with van der Waals surface area (Å²) in [5.41, 5.74) is 5.76. The first-order valence-electron chi connectivity index (χ1n) is 4.31. The first-order chi connectivity index (χ1) is 4.83. The molecule has 0 saturated carbocycles. The van der Waals surface area contributed by atoms with Crippen molar-refractivity contribution in [1.82, 2.24) is 4.90 Å². The van der Waals surface area contributed by atoms with Gasteiger partial charge in [0.1, 0.15) is 0 Å². The lowest BCUT2D eigenvalue weighted by Crippen LogP contribution is -2.27. The van der Waals surface area contributed by atoms with Crippen LogP contribution in [-0.4, -0.2) is 30.6 Å². The molecule has 1 saturated heterocycles. The molecule has 0 aromatic heterocycles. The smallest absolute Gasteiger partial charge is 0.0180 e. The van der Waals surface area contributed by atoms with Gasteiger partial charge in [-0.2, -0.15) is 0 Å². The van der Waals surface area contributed by atoms with Gasteiger partial charge in [-0.15, -0.1) is 0 Å². The maximum absolute atomic E-state index is 5.76. The molecular formula is C8H18N2. The number of rotatable bonds is 3. The van der Waals surface area contributed by atoms with Crippen molar-refractivity contribution in [3.05, 3.63) is 0 Å². The van der Waals surface area contributed by atoms with E-state index < -0.39 is 0 Å². The predicted octanol–water partition coefficient (Wildman–Crippen LogP) is 0.820. The van der Waals surface area contributed by atoms with E-state index in [9.17, 15) is 0 Å². The summed E-state index contributed by atoms with van der Waals surface area (Å²) in [6.45, 7) is 5.83. The second-order valence-corrected chi connectivity index (χ2v) is 3.20. The van der Waals surface area contributed by atoms with Gasteiger partial charge in [0.15, 0.2) is 0 Å². The quantitative estimate of drug-likeness (QED) is 0.632. The Balaban J connectivity index is 2.06. The lowest BCUT2D eigenvalue weighted by molar-refractivity contribution is 0.328. The number of unbranched alkanes of at least 4 members (excludes halogenated alkanes) is 1. The number of likely N-dealkylation sites (tertiary alicyclic amines) is 1. The summed E-state index contributed by atoms with van der Waals surface area (Å²) in [4.78, 5) is 2.47. The molecule has 1 aliphatic rings. The molecule has 1 heterocycles. The van der Waals surface area contributed by atoms with Crippen LogP contribution in [0.2, 0.25) is 0 Å². The third-order valence-electron chi connectivity index (χ3n) is 2.14. The summed E-state index contributed by atoms with van der Waals surface area (Å²) in [7, 11) is 0. The number of hydrogen-bond donors (Lipinski definition) is 1. The molecule has 0 radical (unpaired) electrons. The Bertz CT molecular complexity index is 93.3. The minimum absolute atomic E-state index is 0.455. The van der Waals surface area contributed by atoms with Crippen LogP contribution in [-0.2, 0) is 0 Å². The topological polar surface area (TPSA) is 29.3 Å². The number of nitrogens with two attached hydrogens (primary N) is 1. The zero-order valence-electron chi connectivity index (χ0n) is 6.84. The molecule has 1 fully saturated rings. The summed E-state index contributed by atoms with van der Waals surface area (Å²) in [6.07, 6.45) is 3.82. The van der Waals surface area contributed by atoms with E-state index in [-0.39, 0.29) is 0 Å². The molecule has 0 aromatic rings. The summed E-state index contributed by atoms with van der Waals surface area (Å²) >= 11 is 0.